The van der Waals surface area contributed by atoms with E-state index in [9.17, 15) is 9.59 Å². The summed E-state index contributed by atoms with van der Waals surface area (Å²) in [7, 11) is 0. The summed E-state index contributed by atoms with van der Waals surface area (Å²) in [6.07, 6.45) is 0.240. The van der Waals surface area contributed by atoms with Gasteiger partial charge in [-0.1, -0.05) is 20.8 Å². The van der Waals surface area contributed by atoms with E-state index in [1.165, 1.54) is 0 Å². The SMILES string of the molecule is CC1CC(=O)N(C(C#N)C(C)C)C1=O. The van der Waals surface area contributed by atoms with Crippen LogP contribution in [0.2, 0.25) is 0 Å². The highest BCUT2D eigenvalue weighted by Crippen LogP contribution is 2.23. The van der Waals surface area contributed by atoms with Crippen molar-refractivity contribution < 1.29 is 9.59 Å². The molecule has 1 aliphatic heterocycles. The number of imide groups is 1. The summed E-state index contributed by atoms with van der Waals surface area (Å²) in [6.45, 7) is 5.38. The van der Waals surface area contributed by atoms with E-state index in [4.69, 9.17) is 5.26 Å². The van der Waals surface area contributed by atoms with Crippen molar-refractivity contribution in [1.29, 1.82) is 5.26 Å². The Bertz CT molecular complexity index is 304. The van der Waals surface area contributed by atoms with Crippen molar-refractivity contribution in [2.45, 2.75) is 33.2 Å². The third-order valence-electron chi connectivity index (χ3n) is 2.45. The number of nitriles is 1. The summed E-state index contributed by atoms with van der Waals surface area (Å²) in [5.41, 5.74) is 0. The summed E-state index contributed by atoms with van der Waals surface area (Å²) in [5.74, 6) is -0.715. The van der Waals surface area contributed by atoms with E-state index in [1.807, 2.05) is 19.9 Å². The molecule has 0 aromatic carbocycles. The maximum atomic E-state index is 11.6. The maximum Gasteiger partial charge on any atom is 0.233 e. The second-order valence-electron chi connectivity index (χ2n) is 4.03. The predicted molar refractivity (Wildman–Crippen MR) is 49.9 cm³/mol. The molecule has 0 aromatic heterocycles. The Hall–Kier alpha value is -1.37. The molecule has 0 aliphatic carbocycles. The molecule has 2 unspecified atom stereocenters. The Morgan fingerprint density at radius 1 is 1.50 bits per heavy atom. The molecular weight excluding hydrogens is 180 g/mol. The minimum Gasteiger partial charge on any atom is -0.274 e. The molecule has 1 fully saturated rings. The number of rotatable bonds is 2. The molecule has 0 saturated carbocycles. The van der Waals surface area contributed by atoms with Crippen molar-refractivity contribution in [3.8, 4) is 6.07 Å². The number of likely N-dealkylation sites (tertiary alicyclic amines) is 1. The fourth-order valence-electron chi connectivity index (χ4n) is 1.61. The van der Waals surface area contributed by atoms with Crippen molar-refractivity contribution in [3.63, 3.8) is 0 Å². The van der Waals surface area contributed by atoms with E-state index < -0.39 is 6.04 Å². The summed E-state index contributed by atoms with van der Waals surface area (Å²) in [4.78, 5) is 24.1. The Morgan fingerprint density at radius 3 is 2.36 bits per heavy atom. The van der Waals surface area contributed by atoms with Crippen molar-refractivity contribution in [2.75, 3.05) is 0 Å². The number of carbonyl (C=O) groups is 2. The molecule has 0 N–H and O–H groups in total. The Kier molecular flexibility index (Phi) is 2.90. The van der Waals surface area contributed by atoms with Gasteiger partial charge in [0.15, 0.2) is 0 Å². The van der Waals surface area contributed by atoms with Gasteiger partial charge in [-0.2, -0.15) is 5.26 Å². The first-order valence-electron chi connectivity index (χ1n) is 4.74. The van der Waals surface area contributed by atoms with Gasteiger partial charge in [-0.25, -0.2) is 0 Å². The van der Waals surface area contributed by atoms with Gasteiger partial charge in [0.05, 0.1) is 6.07 Å². The van der Waals surface area contributed by atoms with Crippen LogP contribution in [0.15, 0.2) is 0 Å². The van der Waals surface area contributed by atoms with E-state index in [2.05, 4.69) is 0 Å². The molecule has 2 amide bonds. The zero-order chi connectivity index (χ0) is 10.9. The number of amides is 2. The molecule has 0 spiro atoms. The lowest BCUT2D eigenvalue weighted by atomic mass is 10.0. The third-order valence-corrected chi connectivity index (χ3v) is 2.45. The lowest BCUT2D eigenvalue weighted by Crippen LogP contribution is -2.42. The van der Waals surface area contributed by atoms with Crippen molar-refractivity contribution in [1.82, 2.24) is 4.90 Å². The highest BCUT2D eigenvalue weighted by atomic mass is 16.2. The standard InChI is InChI=1S/C10H14N2O2/c1-6(2)8(5-11)12-9(13)4-7(3)10(12)14/h6-8H,4H2,1-3H3. The molecule has 14 heavy (non-hydrogen) atoms. The highest BCUT2D eigenvalue weighted by Gasteiger charge is 2.41. The van der Waals surface area contributed by atoms with Gasteiger partial charge < -0.3 is 0 Å². The number of hydrogen-bond donors (Lipinski definition) is 0. The summed E-state index contributed by atoms with van der Waals surface area (Å²) >= 11 is 0. The molecule has 4 heteroatoms. The fourth-order valence-corrected chi connectivity index (χ4v) is 1.61. The lowest BCUT2D eigenvalue weighted by molar-refractivity contribution is -0.141. The molecule has 1 rings (SSSR count). The number of carbonyl (C=O) groups excluding carboxylic acids is 2. The first kappa shape index (κ1) is 10.7. The van der Waals surface area contributed by atoms with E-state index in [-0.39, 0.29) is 30.1 Å². The molecule has 0 aromatic rings. The molecule has 1 saturated heterocycles. The van der Waals surface area contributed by atoms with Crippen molar-refractivity contribution in [2.24, 2.45) is 11.8 Å². The van der Waals surface area contributed by atoms with Crippen LogP contribution in [0, 0.1) is 23.2 Å². The zero-order valence-electron chi connectivity index (χ0n) is 8.65. The van der Waals surface area contributed by atoms with Crippen LogP contribution in [0.4, 0.5) is 0 Å². The van der Waals surface area contributed by atoms with Crippen LogP contribution >= 0.6 is 0 Å². The van der Waals surface area contributed by atoms with Gasteiger partial charge in [-0.3, -0.25) is 14.5 Å². The van der Waals surface area contributed by atoms with E-state index in [0.717, 1.165) is 4.90 Å². The van der Waals surface area contributed by atoms with Gasteiger partial charge in [-0.15, -0.1) is 0 Å². The molecule has 76 valence electrons. The zero-order valence-corrected chi connectivity index (χ0v) is 8.65. The summed E-state index contributed by atoms with van der Waals surface area (Å²) in [5, 5.41) is 8.88. The van der Waals surface area contributed by atoms with Gasteiger partial charge >= 0.3 is 0 Å². The van der Waals surface area contributed by atoms with Crippen LogP contribution in [-0.2, 0) is 9.59 Å². The van der Waals surface area contributed by atoms with Crippen LogP contribution in [0.1, 0.15) is 27.2 Å². The highest BCUT2D eigenvalue weighted by molar-refractivity contribution is 6.03. The minimum absolute atomic E-state index is 0.0156. The minimum atomic E-state index is -0.611. The van der Waals surface area contributed by atoms with Crippen molar-refractivity contribution in [3.05, 3.63) is 0 Å². The second-order valence-corrected chi connectivity index (χ2v) is 4.03. The molecule has 1 heterocycles. The van der Waals surface area contributed by atoms with Crippen LogP contribution in [-0.4, -0.2) is 22.8 Å². The van der Waals surface area contributed by atoms with Crippen LogP contribution in [0.5, 0.6) is 0 Å². The Labute approximate surface area is 83.5 Å². The van der Waals surface area contributed by atoms with Gasteiger partial charge in [0.2, 0.25) is 11.8 Å². The normalized spacial score (nSPS) is 24.2. The van der Waals surface area contributed by atoms with E-state index in [0.29, 0.717) is 0 Å². The second kappa shape index (κ2) is 3.79. The fraction of sp³-hybridized carbons (Fsp3) is 0.700. The van der Waals surface area contributed by atoms with Gasteiger partial charge in [0.1, 0.15) is 6.04 Å². The van der Waals surface area contributed by atoms with Crippen LogP contribution < -0.4 is 0 Å². The molecule has 4 nitrogen and oxygen atoms in total. The third kappa shape index (κ3) is 1.63. The number of nitrogens with zero attached hydrogens (tertiary/aromatic N) is 2. The largest absolute Gasteiger partial charge is 0.274 e. The topological polar surface area (TPSA) is 61.2 Å². The van der Waals surface area contributed by atoms with Gasteiger partial charge in [0.25, 0.3) is 0 Å². The summed E-state index contributed by atoms with van der Waals surface area (Å²) in [6, 6.07) is 1.40. The van der Waals surface area contributed by atoms with Crippen LogP contribution in [0.3, 0.4) is 0 Å². The Morgan fingerprint density at radius 2 is 2.07 bits per heavy atom. The molecule has 1 aliphatic rings. The van der Waals surface area contributed by atoms with E-state index >= 15 is 0 Å². The molecule has 2 atom stereocenters. The first-order valence-corrected chi connectivity index (χ1v) is 4.74. The molecule has 0 radical (unpaired) electrons. The average molecular weight is 194 g/mol. The average Bonchev–Trinajstić information content (AvgIpc) is 2.32. The quantitative estimate of drug-likeness (QED) is 0.614. The Balaban J connectivity index is 2.92. The smallest absolute Gasteiger partial charge is 0.233 e. The first-order chi connectivity index (χ1) is 6.49. The molecular formula is C10H14N2O2. The van der Waals surface area contributed by atoms with Crippen molar-refractivity contribution >= 4 is 11.8 Å². The van der Waals surface area contributed by atoms with E-state index in [1.54, 1.807) is 6.92 Å². The monoisotopic (exact) mass is 194 g/mol. The van der Waals surface area contributed by atoms with Gasteiger partial charge in [0, 0.05) is 12.3 Å². The van der Waals surface area contributed by atoms with Gasteiger partial charge in [-0.05, 0) is 5.92 Å². The molecule has 0 bridgehead atoms. The number of hydrogen-bond acceptors (Lipinski definition) is 3. The maximum absolute atomic E-state index is 11.6. The van der Waals surface area contributed by atoms with Crippen LogP contribution in [0.25, 0.3) is 0 Å². The summed E-state index contributed by atoms with van der Waals surface area (Å²) < 4.78 is 0. The lowest BCUT2D eigenvalue weighted by Gasteiger charge is -2.23. The predicted octanol–water partition coefficient (Wildman–Crippen LogP) is 0.930.